The van der Waals surface area contributed by atoms with Gasteiger partial charge in [0.05, 0.1) is 5.69 Å². The molecule has 0 aromatic carbocycles. The number of nitrogens with zero attached hydrogens (tertiary/aromatic N) is 1. The molecule has 1 aromatic rings. The molecule has 0 saturated heterocycles. The molecule has 3 nitrogen and oxygen atoms in total. The fourth-order valence-electron chi connectivity index (χ4n) is 0.714. The van der Waals surface area contributed by atoms with Crippen LogP contribution in [0.5, 0.6) is 0 Å². The highest BCUT2D eigenvalue weighted by Gasteiger charge is 1.97. The zero-order valence-electron chi connectivity index (χ0n) is 6.63. The van der Waals surface area contributed by atoms with Gasteiger partial charge in [-0.1, -0.05) is 6.92 Å². The van der Waals surface area contributed by atoms with Crippen LogP contribution in [0.25, 0.3) is 0 Å². The number of rotatable bonds is 4. The zero-order valence-corrected chi connectivity index (χ0v) is 7.45. The first-order valence-corrected chi connectivity index (χ1v) is 4.63. The number of nitrogens with one attached hydrogen (secondary N) is 1. The van der Waals surface area contributed by atoms with Gasteiger partial charge in [0.2, 0.25) is 0 Å². The lowest BCUT2D eigenvalue weighted by Gasteiger charge is -1.96. The highest BCUT2D eigenvalue weighted by Crippen LogP contribution is 2.14. The van der Waals surface area contributed by atoms with Gasteiger partial charge in [-0.15, -0.1) is 11.3 Å². The van der Waals surface area contributed by atoms with Gasteiger partial charge in [-0.3, -0.25) is 0 Å². The minimum absolute atomic E-state index is 0.532. The average molecular weight is 171 g/mol. The summed E-state index contributed by atoms with van der Waals surface area (Å²) in [7, 11) is 0. The van der Waals surface area contributed by atoms with Crippen molar-refractivity contribution >= 4 is 16.5 Å². The summed E-state index contributed by atoms with van der Waals surface area (Å²) < 4.78 is 0. The molecule has 0 aliphatic heterocycles. The van der Waals surface area contributed by atoms with Crippen molar-refractivity contribution in [2.24, 2.45) is 5.73 Å². The van der Waals surface area contributed by atoms with Gasteiger partial charge in [-0.05, 0) is 6.42 Å². The Morgan fingerprint density at radius 1 is 1.73 bits per heavy atom. The fourth-order valence-corrected chi connectivity index (χ4v) is 1.47. The number of nitrogens with two attached hydrogens (primary N) is 1. The summed E-state index contributed by atoms with van der Waals surface area (Å²) in [4.78, 5) is 4.25. The monoisotopic (exact) mass is 171 g/mol. The molecule has 0 fully saturated rings. The van der Waals surface area contributed by atoms with Crippen molar-refractivity contribution in [1.29, 1.82) is 0 Å². The van der Waals surface area contributed by atoms with Crippen LogP contribution in [-0.2, 0) is 6.54 Å². The van der Waals surface area contributed by atoms with Crippen molar-refractivity contribution < 1.29 is 0 Å². The van der Waals surface area contributed by atoms with Crippen LogP contribution in [-0.4, -0.2) is 11.5 Å². The number of thiazole rings is 1. The fraction of sp³-hybridized carbons (Fsp3) is 0.571. The van der Waals surface area contributed by atoms with Gasteiger partial charge in [0.25, 0.3) is 0 Å². The quantitative estimate of drug-likeness (QED) is 0.720. The Balaban J connectivity index is 2.44. The molecule has 62 valence electrons. The largest absolute Gasteiger partial charge is 0.362 e. The Labute approximate surface area is 70.6 Å². The Kier molecular flexibility index (Phi) is 3.32. The van der Waals surface area contributed by atoms with Crippen LogP contribution in [0.3, 0.4) is 0 Å². The zero-order chi connectivity index (χ0) is 8.10. The van der Waals surface area contributed by atoms with Crippen molar-refractivity contribution in [2.75, 3.05) is 11.9 Å². The highest BCUT2D eigenvalue weighted by molar-refractivity contribution is 7.13. The minimum Gasteiger partial charge on any atom is -0.362 e. The summed E-state index contributed by atoms with van der Waals surface area (Å²) in [6.07, 6.45) is 1.12. The van der Waals surface area contributed by atoms with E-state index in [2.05, 4.69) is 17.2 Å². The molecule has 0 aliphatic carbocycles. The van der Waals surface area contributed by atoms with E-state index in [1.807, 2.05) is 5.38 Å². The predicted molar refractivity (Wildman–Crippen MR) is 48.8 cm³/mol. The summed E-state index contributed by atoms with van der Waals surface area (Å²) in [6.45, 7) is 3.65. The third-order valence-corrected chi connectivity index (χ3v) is 2.14. The highest BCUT2D eigenvalue weighted by atomic mass is 32.1. The second kappa shape index (κ2) is 4.31. The van der Waals surface area contributed by atoms with Crippen molar-refractivity contribution in [3.05, 3.63) is 11.1 Å². The van der Waals surface area contributed by atoms with Crippen LogP contribution >= 0.6 is 11.3 Å². The maximum Gasteiger partial charge on any atom is 0.182 e. The van der Waals surface area contributed by atoms with E-state index in [1.54, 1.807) is 11.3 Å². The molecule has 0 radical (unpaired) electrons. The Morgan fingerprint density at radius 2 is 2.55 bits per heavy atom. The molecule has 0 unspecified atom stereocenters. The number of hydrogen-bond donors (Lipinski definition) is 2. The lowest BCUT2D eigenvalue weighted by atomic mass is 10.5. The first kappa shape index (κ1) is 8.49. The smallest absolute Gasteiger partial charge is 0.182 e. The maximum atomic E-state index is 5.41. The van der Waals surface area contributed by atoms with Gasteiger partial charge in [0.1, 0.15) is 0 Å². The first-order chi connectivity index (χ1) is 5.36. The molecule has 0 bridgehead atoms. The van der Waals surface area contributed by atoms with E-state index in [-0.39, 0.29) is 0 Å². The Bertz CT molecular complexity index is 209. The van der Waals surface area contributed by atoms with Crippen LogP contribution in [0.4, 0.5) is 5.13 Å². The lowest BCUT2D eigenvalue weighted by molar-refractivity contribution is 0.962. The molecule has 11 heavy (non-hydrogen) atoms. The van der Waals surface area contributed by atoms with Gasteiger partial charge in [-0.2, -0.15) is 0 Å². The first-order valence-electron chi connectivity index (χ1n) is 3.75. The summed E-state index contributed by atoms with van der Waals surface area (Å²) >= 11 is 1.61. The molecular formula is C7H13N3S. The van der Waals surface area contributed by atoms with Crippen LogP contribution in [0.1, 0.15) is 19.0 Å². The third kappa shape index (κ3) is 2.48. The van der Waals surface area contributed by atoms with Gasteiger partial charge in [0.15, 0.2) is 5.13 Å². The van der Waals surface area contributed by atoms with Crippen LogP contribution in [0.15, 0.2) is 5.38 Å². The molecule has 0 amide bonds. The van der Waals surface area contributed by atoms with E-state index >= 15 is 0 Å². The Hall–Kier alpha value is -0.610. The molecule has 0 atom stereocenters. The van der Waals surface area contributed by atoms with E-state index in [0.717, 1.165) is 23.8 Å². The average Bonchev–Trinajstić information content (AvgIpc) is 2.48. The van der Waals surface area contributed by atoms with Gasteiger partial charge >= 0.3 is 0 Å². The topological polar surface area (TPSA) is 50.9 Å². The van der Waals surface area contributed by atoms with Crippen molar-refractivity contribution in [3.63, 3.8) is 0 Å². The van der Waals surface area contributed by atoms with E-state index in [0.29, 0.717) is 6.54 Å². The van der Waals surface area contributed by atoms with E-state index < -0.39 is 0 Å². The second-order valence-electron chi connectivity index (χ2n) is 2.27. The molecule has 0 saturated carbocycles. The number of hydrogen-bond acceptors (Lipinski definition) is 4. The van der Waals surface area contributed by atoms with Crippen LogP contribution in [0.2, 0.25) is 0 Å². The molecule has 1 heterocycles. The summed E-state index contributed by atoms with van der Waals surface area (Å²) in [5, 5.41) is 6.16. The molecule has 3 N–H and O–H groups in total. The molecular weight excluding hydrogens is 158 g/mol. The number of anilines is 1. The van der Waals surface area contributed by atoms with Crippen LogP contribution < -0.4 is 11.1 Å². The molecule has 0 spiro atoms. The van der Waals surface area contributed by atoms with Gasteiger partial charge in [-0.25, -0.2) is 4.98 Å². The summed E-state index contributed by atoms with van der Waals surface area (Å²) in [6, 6.07) is 0. The maximum absolute atomic E-state index is 5.41. The van der Waals surface area contributed by atoms with Crippen molar-refractivity contribution in [1.82, 2.24) is 4.98 Å². The SMILES string of the molecule is CCCNc1nc(CN)cs1. The Morgan fingerprint density at radius 3 is 3.09 bits per heavy atom. The molecule has 1 rings (SSSR count). The van der Waals surface area contributed by atoms with Gasteiger partial charge in [0, 0.05) is 18.5 Å². The van der Waals surface area contributed by atoms with Crippen molar-refractivity contribution in [3.8, 4) is 0 Å². The van der Waals surface area contributed by atoms with Crippen molar-refractivity contribution in [2.45, 2.75) is 19.9 Å². The van der Waals surface area contributed by atoms with Gasteiger partial charge < -0.3 is 11.1 Å². The molecule has 4 heteroatoms. The minimum atomic E-state index is 0.532. The third-order valence-electron chi connectivity index (χ3n) is 1.29. The summed E-state index contributed by atoms with van der Waals surface area (Å²) in [5.41, 5.74) is 6.37. The molecule has 1 aromatic heterocycles. The van der Waals surface area contributed by atoms with E-state index in [4.69, 9.17) is 5.73 Å². The summed E-state index contributed by atoms with van der Waals surface area (Å²) in [5.74, 6) is 0. The lowest BCUT2D eigenvalue weighted by Crippen LogP contribution is -2.00. The van der Waals surface area contributed by atoms with E-state index in [9.17, 15) is 0 Å². The normalized spacial score (nSPS) is 10.0. The molecule has 0 aliphatic rings. The standard InChI is InChI=1S/C7H13N3S/c1-2-3-9-7-10-6(4-8)5-11-7/h5H,2-4,8H2,1H3,(H,9,10). The second-order valence-corrected chi connectivity index (χ2v) is 3.13. The number of aromatic nitrogens is 1. The predicted octanol–water partition coefficient (Wildman–Crippen LogP) is 1.42. The van der Waals surface area contributed by atoms with E-state index in [1.165, 1.54) is 0 Å². The van der Waals surface area contributed by atoms with Crippen LogP contribution in [0, 0.1) is 0 Å².